The van der Waals surface area contributed by atoms with E-state index in [1.54, 1.807) is 16.9 Å². The number of rotatable bonds is 4. The van der Waals surface area contributed by atoms with Crippen molar-refractivity contribution < 1.29 is 14.1 Å². The molecule has 8 heteroatoms. The molecule has 0 unspecified atom stereocenters. The van der Waals surface area contributed by atoms with Crippen molar-refractivity contribution >= 4 is 5.91 Å². The summed E-state index contributed by atoms with van der Waals surface area (Å²) in [5, 5.41) is 8.39. The van der Waals surface area contributed by atoms with E-state index in [-0.39, 0.29) is 11.8 Å². The van der Waals surface area contributed by atoms with Crippen LogP contribution in [0.3, 0.4) is 0 Å². The summed E-state index contributed by atoms with van der Waals surface area (Å²) in [6.07, 6.45) is 5.29. The van der Waals surface area contributed by atoms with Gasteiger partial charge in [-0.3, -0.25) is 9.48 Å². The van der Waals surface area contributed by atoms with Crippen molar-refractivity contribution in [1.29, 1.82) is 0 Å². The van der Waals surface area contributed by atoms with Crippen LogP contribution in [0.1, 0.15) is 66.6 Å². The van der Waals surface area contributed by atoms with Gasteiger partial charge < -0.3 is 14.2 Å². The monoisotopic (exact) mass is 359 g/mol. The summed E-state index contributed by atoms with van der Waals surface area (Å²) in [6.45, 7) is 5.62. The molecule has 0 aromatic carbocycles. The fourth-order valence-corrected chi connectivity index (χ4v) is 3.79. The first-order valence-corrected chi connectivity index (χ1v) is 9.48. The first kappa shape index (κ1) is 17.2. The summed E-state index contributed by atoms with van der Waals surface area (Å²) < 4.78 is 12.7. The summed E-state index contributed by atoms with van der Waals surface area (Å²) in [6, 6.07) is 1.79. The Morgan fingerprint density at radius 1 is 1.19 bits per heavy atom. The zero-order valence-electron chi connectivity index (χ0n) is 15.1. The van der Waals surface area contributed by atoms with Crippen molar-refractivity contribution in [2.75, 3.05) is 26.3 Å². The standard InChI is InChI=1S/C18H25N5O3/c1-2-23-15(3-8-19-23)18(24)22-9-4-14(5-10-22)17-20-16(21-26-17)13-6-11-25-12-7-13/h3,8,13-14H,2,4-7,9-12H2,1H3. The van der Waals surface area contributed by atoms with Gasteiger partial charge in [-0.05, 0) is 38.7 Å². The molecule has 2 aromatic rings. The molecular weight excluding hydrogens is 334 g/mol. The number of ether oxygens (including phenoxy) is 1. The molecule has 2 aliphatic heterocycles. The van der Waals surface area contributed by atoms with Crippen LogP contribution >= 0.6 is 0 Å². The van der Waals surface area contributed by atoms with E-state index in [1.165, 1.54) is 0 Å². The number of hydrogen-bond donors (Lipinski definition) is 0. The largest absolute Gasteiger partial charge is 0.381 e. The minimum absolute atomic E-state index is 0.0521. The molecule has 2 fully saturated rings. The fourth-order valence-electron chi connectivity index (χ4n) is 3.79. The van der Waals surface area contributed by atoms with Gasteiger partial charge >= 0.3 is 0 Å². The molecule has 0 atom stereocenters. The summed E-state index contributed by atoms with van der Waals surface area (Å²) in [5.41, 5.74) is 0.658. The van der Waals surface area contributed by atoms with Crippen LogP contribution in [0.5, 0.6) is 0 Å². The van der Waals surface area contributed by atoms with Gasteiger partial charge in [0, 0.05) is 50.9 Å². The van der Waals surface area contributed by atoms with E-state index in [2.05, 4.69) is 15.2 Å². The van der Waals surface area contributed by atoms with Crippen LogP contribution in [-0.2, 0) is 11.3 Å². The van der Waals surface area contributed by atoms with E-state index < -0.39 is 0 Å². The van der Waals surface area contributed by atoms with Crippen LogP contribution in [0.25, 0.3) is 0 Å². The average molecular weight is 359 g/mol. The SMILES string of the molecule is CCn1nccc1C(=O)N1CCC(c2nc(C3CCOCC3)no2)CC1. The number of amides is 1. The molecule has 1 amide bonds. The first-order valence-electron chi connectivity index (χ1n) is 9.48. The second-order valence-corrected chi connectivity index (χ2v) is 6.98. The maximum atomic E-state index is 12.7. The molecule has 0 aliphatic carbocycles. The molecule has 8 nitrogen and oxygen atoms in total. The first-order chi connectivity index (χ1) is 12.8. The Balaban J connectivity index is 1.36. The summed E-state index contributed by atoms with van der Waals surface area (Å²) in [7, 11) is 0. The van der Waals surface area contributed by atoms with Gasteiger partial charge in [-0.15, -0.1) is 0 Å². The van der Waals surface area contributed by atoms with E-state index in [0.29, 0.717) is 31.2 Å². The summed E-state index contributed by atoms with van der Waals surface area (Å²) >= 11 is 0. The number of carbonyl (C=O) groups is 1. The fraction of sp³-hybridized carbons (Fsp3) is 0.667. The van der Waals surface area contributed by atoms with Gasteiger partial charge in [-0.25, -0.2) is 0 Å². The molecule has 0 spiro atoms. The summed E-state index contributed by atoms with van der Waals surface area (Å²) in [4.78, 5) is 19.2. The molecule has 140 valence electrons. The smallest absolute Gasteiger partial charge is 0.272 e. The normalized spacial score (nSPS) is 19.8. The number of carbonyl (C=O) groups excluding carboxylic acids is 1. The maximum absolute atomic E-state index is 12.7. The van der Waals surface area contributed by atoms with Gasteiger partial charge in [0.15, 0.2) is 5.82 Å². The number of hydrogen-bond acceptors (Lipinski definition) is 6. The molecule has 26 heavy (non-hydrogen) atoms. The van der Waals surface area contributed by atoms with E-state index >= 15 is 0 Å². The van der Waals surface area contributed by atoms with Gasteiger partial charge in [-0.2, -0.15) is 10.1 Å². The molecule has 0 radical (unpaired) electrons. The Morgan fingerprint density at radius 3 is 2.69 bits per heavy atom. The molecule has 2 saturated heterocycles. The van der Waals surface area contributed by atoms with Crippen LogP contribution in [0.4, 0.5) is 0 Å². The van der Waals surface area contributed by atoms with Gasteiger partial charge in [-0.1, -0.05) is 5.16 Å². The van der Waals surface area contributed by atoms with Crippen LogP contribution in [-0.4, -0.2) is 57.0 Å². The van der Waals surface area contributed by atoms with Crippen molar-refractivity contribution in [3.05, 3.63) is 29.7 Å². The van der Waals surface area contributed by atoms with Gasteiger partial charge in [0.25, 0.3) is 5.91 Å². The molecular formula is C18H25N5O3. The topological polar surface area (TPSA) is 86.3 Å². The highest BCUT2D eigenvalue weighted by molar-refractivity contribution is 5.92. The van der Waals surface area contributed by atoms with Crippen molar-refractivity contribution in [2.45, 2.75) is 51.0 Å². The lowest BCUT2D eigenvalue weighted by molar-refractivity contribution is 0.0692. The Kier molecular flexibility index (Phi) is 5.01. The second-order valence-electron chi connectivity index (χ2n) is 6.98. The second kappa shape index (κ2) is 7.57. The van der Waals surface area contributed by atoms with Gasteiger partial charge in [0.1, 0.15) is 5.69 Å². The van der Waals surface area contributed by atoms with Crippen LogP contribution in [0.2, 0.25) is 0 Å². The van der Waals surface area contributed by atoms with E-state index in [1.807, 2.05) is 11.8 Å². The molecule has 2 aliphatic rings. The third-order valence-corrected chi connectivity index (χ3v) is 5.41. The molecule has 4 heterocycles. The lowest BCUT2D eigenvalue weighted by Crippen LogP contribution is -2.39. The maximum Gasteiger partial charge on any atom is 0.272 e. The third kappa shape index (κ3) is 3.38. The van der Waals surface area contributed by atoms with Crippen molar-refractivity contribution in [3.8, 4) is 0 Å². The Morgan fingerprint density at radius 2 is 1.96 bits per heavy atom. The van der Waals surface area contributed by atoms with Crippen LogP contribution in [0, 0.1) is 0 Å². The highest BCUT2D eigenvalue weighted by atomic mass is 16.5. The summed E-state index contributed by atoms with van der Waals surface area (Å²) in [5.74, 6) is 2.16. The third-order valence-electron chi connectivity index (χ3n) is 5.41. The minimum atomic E-state index is 0.0521. The zero-order chi connectivity index (χ0) is 17.9. The number of piperidine rings is 1. The van der Waals surface area contributed by atoms with Crippen LogP contribution in [0.15, 0.2) is 16.8 Å². The molecule has 0 N–H and O–H groups in total. The molecule has 4 rings (SSSR count). The molecule has 0 bridgehead atoms. The average Bonchev–Trinajstić information content (AvgIpc) is 3.38. The Bertz CT molecular complexity index is 742. The zero-order valence-corrected chi connectivity index (χ0v) is 15.1. The van der Waals surface area contributed by atoms with Gasteiger partial charge in [0.2, 0.25) is 5.89 Å². The van der Waals surface area contributed by atoms with Crippen molar-refractivity contribution in [2.24, 2.45) is 0 Å². The highest BCUT2D eigenvalue weighted by Gasteiger charge is 2.30. The number of aromatic nitrogens is 4. The highest BCUT2D eigenvalue weighted by Crippen LogP contribution is 2.30. The molecule has 2 aromatic heterocycles. The minimum Gasteiger partial charge on any atom is -0.381 e. The molecule has 0 saturated carbocycles. The van der Waals surface area contributed by atoms with Gasteiger partial charge in [0.05, 0.1) is 0 Å². The predicted molar refractivity (Wildman–Crippen MR) is 92.9 cm³/mol. The number of nitrogens with zero attached hydrogens (tertiary/aromatic N) is 5. The quantitative estimate of drug-likeness (QED) is 0.832. The van der Waals surface area contributed by atoms with E-state index in [9.17, 15) is 4.79 Å². The lowest BCUT2D eigenvalue weighted by atomic mass is 9.96. The van der Waals surface area contributed by atoms with Crippen molar-refractivity contribution in [1.82, 2.24) is 24.8 Å². The Hall–Kier alpha value is -2.22. The lowest BCUT2D eigenvalue weighted by Gasteiger charge is -2.30. The van der Waals surface area contributed by atoms with Crippen molar-refractivity contribution in [3.63, 3.8) is 0 Å². The Labute approximate surface area is 152 Å². The van der Waals surface area contributed by atoms with Crippen LogP contribution < -0.4 is 0 Å². The number of likely N-dealkylation sites (tertiary alicyclic amines) is 1. The van der Waals surface area contributed by atoms with E-state index in [0.717, 1.165) is 50.6 Å². The van der Waals surface area contributed by atoms with E-state index in [4.69, 9.17) is 9.26 Å². The predicted octanol–water partition coefficient (Wildman–Crippen LogP) is 2.20. The number of aryl methyl sites for hydroxylation is 1.